The molecule has 0 radical (unpaired) electrons. The first-order chi connectivity index (χ1) is 10.9. The van der Waals surface area contributed by atoms with Gasteiger partial charge in [-0.1, -0.05) is 6.07 Å². The highest BCUT2D eigenvalue weighted by Crippen LogP contribution is 2.27. The van der Waals surface area contributed by atoms with E-state index in [0.717, 1.165) is 17.0 Å². The summed E-state index contributed by atoms with van der Waals surface area (Å²) >= 11 is 0. The molecule has 0 aromatic heterocycles. The molecule has 2 rings (SSSR count). The van der Waals surface area contributed by atoms with E-state index in [1.54, 1.807) is 0 Å². The predicted octanol–water partition coefficient (Wildman–Crippen LogP) is 0.931. The van der Waals surface area contributed by atoms with Crippen molar-refractivity contribution in [2.24, 2.45) is 0 Å². The first-order valence-electron chi connectivity index (χ1n) is 7.34. The van der Waals surface area contributed by atoms with Crippen LogP contribution in [0.15, 0.2) is 18.2 Å². The molecule has 1 atom stereocenters. The SMILES string of the molecule is CN(C)CCNC(=O)NC1CCN(c2c(F)cccc2F)C1=O. The molecule has 126 valence electrons. The Balaban J connectivity index is 1.95. The molecular weight excluding hydrogens is 306 g/mol. The van der Waals surface area contributed by atoms with Crippen molar-refractivity contribution >= 4 is 17.6 Å². The summed E-state index contributed by atoms with van der Waals surface area (Å²) in [5.74, 6) is -2.11. The second-order valence-electron chi connectivity index (χ2n) is 5.60. The van der Waals surface area contributed by atoms with Gasteiger partial charge in [0.15, 0.2) is 0 Å². The van der Waals surface area contributed by atoms with Crippen molar-refractivity contribution in [1.82, 2.24) is 15.5 Å². The van der Waals surface area contributed by atoms with Crippen molar-refractivity contribution in [3.63, 3.8) is 0 Å². The molecule has 0 spiro atoms. The van der Waals surface area contributed by atoms with Crippen LogP contribution >= 0.6 is 0 Å². The van der Waals surface area contributed by atoms with Gasteiger partial charge in [-0.3, -0.25) is 4.79 Å². The van der Waals surface area contributed by atoms with Crippen LogP contribution < -0.4 is 15.5 Å². The van der Waals surface area contributed by atoms with Gasteiger partial charge in [-0.05, 0) is 32.6 Å². The first kappa shape index (κ1) is 17.1. The van der Waals surface area contributed by atoms with E-state index < -0.39 is 29.6 Å². The number of anilines is 1. The van der Waals surface area contributed by atoms with Gasteiger partial charge in [0.1, 0.15) is 23.4 Å². The van der Waals surface area contributed by atoms with Gasteiger partial charge in [0.25, 0.3) is 0 Å². The van der Waals surface area contributed by atoms with Crippen LogP contribution in [0.2, 0.25) is 0 Å². The van der Waals surface area contributed by atoms with Gasteiger partial charge in [0, 0.05) is 19.6 Å². The van der Waals surface area contributed by atoms with Gasteiger partial charge in [-0.25, -0.2) is 13.6 Å². The summed E-state index contributed by atoms with van der Waals surface area (Å²) in [4.78, 5) is 27.0. The Morgan fingerprint density at radius 2 is 2.00 bits per heavy atom. The molecule has 23 heavy (non-hydrogen) atoms. The average molecular weight is 326 g/mol. The zero-order valence-corrected chi connectivity index (χ0v) is 13.1. The minimum absolute atomic E-state index is 0.152. The summed E-state index contributed by atoms with van der Waals surface area (Å²) < 4.78 is 27.5. The standard InChI is InChI=1S/C15H20F2N4O2/c1-20(2)9-7-18-15(23)19-12-6-8-21(14(12)22)13-10(16)4-3-5-11(13)17/h3-5,12H,6-9H2,1-2H3,(H2,18,19,23). The zero-order valence-electron chi connectivity index (χ0n) is 13.1. The highest BCUT2D eigenvalue weighted by Gasteiger charge is 2.36. The van der Waals surface area contributed by atoms with Crippen LogP contribution in [0, 0.1) is 11.6 Å². The largest absolute Gasteiger partial charge is 0.337 e. The number of hydrogen-bond donors (Lipinski definition) is 2. The molecule has 1 unspecified atom stereocenters. The highest BCUT2D eigenvalue weighted by atomic mass is 19.1. The fourth-order valence-electron chi connectivity index (χ4n) is 2.39. The van der Waals surface area contributed by atoms with Crippen molar-refractivity contribution in [2.75, 3.05) is 38.6 Å². The van der Waals surface area contributed by atoms with Crippen molar-refractivity contribution in [2.45, 2.75) is 12.5 Å². The molecule has 1 fully saturated rings. The summed E-state index contributed by atoms with van der Waals surface area (Å²) in [6, 6.07) is 2.18. The van der Waals surface area contributed by atoms with Crippen LogP contribution in [-0.2, 0) is 4.79 Å². The number of para-hydroxylation sites is 1. The molecule has 1 heterocycles. The van der Waals surface area contributed by atoms with Crippen LogP contribution in [0.25, 0.3) is 0 Å². The van der Waals surface area contributed by atoms with Crippen molar-refractivity contribution in [1.29, 1.82) is 0 Å². The van der Waals surface area contributed by atoms with Gasteiger partial charge in [-0.15, -0.1) is 0 Å². The molecule has 1 aliphatic heterocycles. The van der Waals surface area contributed by atoms with Crippen molar-refractivity contribution < 1.29 is 18.4 Å². The molecule has 8 heteroatoms. The smallest absolute Gasteiger partial charge is 0.315 e. The Morgan fingerprint density at radius 3 is 2.61 bits per heavy atom. The number of halogens is 2. The number of nitrogens with one attached hydrogen (secondary N) is 2. The number of likely N-dealkylation sites (N-methyl/N-ethyl adjacent to an activating group) is 1. The Labute approximate surface area is 133 Å². The maximum Gasteiger partial charge on any atom is 0.315 e. The molecule has 1 aromatic carbocycles. The van der Waals surface area contributed by atoms with Crippen molar-refractivity contribution in [3.05, 3.63) is 29.8 Å². The number of rotatable bonds is 5. The Kier molecular flexibility index (Phi) is 5.49. The fourth-order valence-corrected chi connectivity index (χ4v) is 2.39. The number of hydrogen-bond acceptors (Lipinski definition) is 3. The number of benzene rings is 1. The second-order valence-corrected chi connectivity index (χ2v) is 5.60. The van der Waals surface area contributed by atoms with Gasteiger partial charge in [-0.2, -0.15) is 0 Å². The monoisotopic (exact) mass is 326 g/mol. The predicted molar refractivity (Wildman–Crippen MR) is 82.2 cm³/mol. The summed E-state index contributed by atoms with van der Waals surface area (Å²) in [6.07, 6.45) is 0.299. The lowest BCUT2D eigenvalue weighted by Crippen LogP contribution is -2.47. The van der Waals surface area contributed by atoms with Crippen LogP contribution in [0.4, 0.5) is 19.3 Å². The lowest BCUT2D eigenvalue weighted by atomic mass is 10.2. The molecule has 0 aliphatic carbocycles. The lowest BCUT2D eigenvalue weighted by Gasteiger charge is -2.18. The Hall–Kier alpha value is -2.22. The molecule has 1 saturated heterocycles. The normalized spacial score (nSPS) is 17.7. The van der Waals surface area contributed by atoms with Crippen LogP contribution in [0.1, 0.15) is 6.42 Å². The van der Waals surface area contributed by atoms with Crippen LogP contribution in [0.5, 0.6) is 0 Å². The number of carbonyl (C=O) groups is 2. The minimum atomic E-state index is -0.797. The molecule has 1 aromatic rings. The van der Waals surface area contributed by atoms with E-state index in [1.807, 2.05) is 19.0 Å². The van der Waals surface area contributed by atoms with Gasteiger partial charge in [0.05, 0.1) is 0 Å². The van der Waals surface area contributed by atoms with E-state index in [2.05, 4.69) is 10.6 Å². The second kappa shape index (κ2) is 7.36. The molecule has 1 aliphatic rings. The minimum Gasteiger partial charge on any atom is -0.337 e. The molecule has 0 saturated carbocycles. The van der Waals surface area contributed by atoms with E-state index in [-0.39, 0.29) is 12.2 Å². The topological polar surface area (TPSA) is 64.7 Å². The van der Waals surface area contributed by atoms with Gasteiger partial charge in [0.2, 0.25) is 5.91 Å². The van der Waals surface area contributed by atoms with Crippen LogP contribution in [-0.4, -0.2) is 56.6 Å². The molecular formula is C15H20F2N4O2. The van der Waals surface area contributed by atoms with Gasteiger partial charge >= 0.3 is 6.03 Å². The summed E-state index contributed by atoms with van der Waals surface area (Å²) in [7, 11) is 3.75. The number of carbonyl (C=O) groups excluding carboxylic acids is 2. The van der Waals surface area contributed by atoms with E-state index in [0.29, 0.717) is 19.5 Å². The van der Waals surface area contributed by atoms with E-state index in [1.165, 1.54) is 6.07 Å². The Morgan fingerprint density at radius 1 is 1.35 bits per heavy atom. The summed E-state index contributed by atoms with van der Waals surface area (Å²) in [5, 5.41) is 5.16. The van der Waals surface area contributed by atoms with E-state index >= 15 is 0 Å². The molecule has 3 amide bonds. The summed E-state index contributed by atoms with van der Waals surface area (Å²) in [6.45, 7) is 1.25. The van der Waals surface area contributed by atoms with E-state index in [4.69, 9.17) is 0 Å². The third kappa shape index (κ3) is 4.16. The highest BCUT2D eigenvalue weighted by molar-refractivity contribution is 6.01. The molecule has 6 nitrogen and oxygen atoms in total. The van der Waals surface area contributed by atoms with Gasteiger partial charge < -0.3 is 20.4 Å². The van der Waals surface area contributed by atoms with Crippen molar-refractivity contribution in [3.8, 4) is 0 Å². The number of amides is 3. The zero-order chi connectivity index (χ0) is 17.0. The first-order valence-corrected chi connectivity index (χ1v) is 7.34. The molecule has 0 bridgehead atoms. The maximum atomic E-state index is 13.8. The third-order valence-corrected chi connectivity index (χ3v) is 3.56. The Bertz CT molecular complexity index is 575. The number of urea groups is 1. The van der Waals surface area contributed by atoms with E-state index in [9.17, 15) is 18.4 Å². The maximum absolute atomic E-state index is 13.8. The van der Waals surface area contributed by atoms with Crippen LogP contribution in [0.3, 0.4) is 0 Å². The molecule has 2 N–H and O–H groups in total. The number of nitrogens with zero attached hydrogens (tertiary/aromatic N) is 2. The average Bonchev–Trinajstić information content (AvgIpc) is 2.80. The summed E-state index contributed by atoms with van der Waals surface area (Å²) in [5.41, 5.74) is -0.366. The lowest BCUT2D eigenvalue weighted by molar-refractivity contribution is -0.118. The third-order valence-electron chi connectivity index (χ3n) is 3.56. The quantitative estimate of drug-likeness (QED) is 0.846. The fraction of sp³-hybridized carbons (Fsp3) is 0.467.